The van der Waals surface area contributed by atoms with Gasteiger partial charge in [0, 0.05) is 73.7 Å². The molecule has 0 saturated heterocycles. The zero-order chi connectivity index (χ0) is 39.0. The van der Waals surface area contributed by atoms with Gasteiger partial charge in [0.1, 0.15) is 0 Å². The van der Waals surface area contributed by atoms with Gasteiger partial charge in [-0.05, 0) is 125 Å². The number of nitrogens with zero attached hydrogens (tertiary/aromatic N) is 3. The van der Waals surface area contributed by atoms with Crippen molar-refractivity contribution in [3.63, 3.8) is 0 Å². The minimum Gasteiger partial charge on any atom is -0.310 e. The summed E-state index contributed by atoms with van der Waals surface area (Å²) in [6.07, 6.45) is 0. The predicted molar refractivity (Wildman–Crippen MR) is 261 cm³/mol. The number of halogens is 1. The summed E-state index contributed by atoms with van der Waals surface area (Å²) in [5, 5.41) is 7.59. The Morgan fingerprint density at radius 3 is 1.78 bits per heavy atom. The summed E-state index contributed by atoms with van der Waals surface area (Å²) < 4.78 is 8.66. The Hall–Kier alpha value is -6.67. The lowest BCUT2D eigenvalue weighted by atomic mass is 10.0. The quantitative estimate of drug-likeness (QED) is 0.152. The van der Waals surface area contributed by atoms with Crippen LogP contribution in [0.25, 0.3) is 86.3 Å². The molecule has 0 N–H and O–H groups in total. The topological polar surface area (TPSA) is 13.1 Å². The number of para-hydroxylation sites is 3. The Kier molecular flexibility index (Phi) is 8.00. The van der Waals surface area contributed by atoms with Gasteiger partial charge in [-0.25, -0.2) is 0 Å². The van der Waals surface area contributed by atoms with Crippen molar-refractivity contribution in [3.8, 4) is 22.5 Å². The third kappa shape index (κ3) is 5.53. The van der Waals surface area contributed by atoms with E-state index in [1.54, 1.807) is 0 Å². The first kappa shape index (κ1) is 34.4. The Balaban J connectivity index is 1.06. The number of hydrogen-bond acceptors (Lipinski definition) is 2. The average molecular weight is 884 g/mol. The molecule has 0 aliphatic rings. The molecular weight excluding hydrogens is 850 g/mol. The Bertz CT molecular complexity index is 3580. The van der Waals surface area contributed by atoms with Crippen LogP contribution >= 0.6 is 33.9 Å². The summed E-state index contributed by atoms with van der Waals surface area (Å²) in [7, 11) is 0. The summed E-state index contributed by atoms with van der Waals surface area (Å²) in [6, 6.07) is 75.5. The minimum absolute atomic E-state index is 1.09. The summed E-state index contributed by atoms with van der Waals surface area (Å²) in [5.74, 6) is 0. The Morgan fingerprint density at radius 1 is 0.373 bits per heavy atom. The van der Waals surface area contributed by atoms with Crippen molar-refractivity contribution >= 4 is 115 Å². The molecule has 0 atom stereocenters. The number of anilines is 3. The van der Waals surface area contributed by atoms with E-state index in [1.165, 1.54) is 78.5 Å². The maximum absolute atomic E-state index is 2.43. The third-order valence-corrected chi connectivity index (χ3v) is 13.6. The molecule has 59 heavy (non-hydrogen) atoms. The molecule has 3 heterocycles. The molecule has 3 nitrogen and oxygen atoms in total. The highest BCUT2D eigenvalue weighted by Gasteiger charge is 2.20. The SMILES string of the molecule is Ic1ccc2c3ccccc3n(-c3cccc(N(c4ccc(-c5cccc6c5sc5ccccc56)cc4)c4ccc5c(c4)c4ccccc4n5-c4ccccc4)c3)c2c1. The smallest absolute Gasteiger partial charge is 0.0551 e. The maximum Gasteiger partial charge on any atom is 0.0551 e. The second kappa shape index (κ2) is 13.7. The molecule has 0 bridgehead atoms. The molecule has 278 valence electrons. The van der Waals surface area contributed by atoms with Gasteiger partial charge < -0.3 is 14.0 Å². The monoisotopic (exact) mass is 883 g/mol. The van der Waals surface area contributed by atoms with Crippen molar-refractivity contribution in [1.29, 1.82) is 0 Å². The first-order valence-corrected chi connectivity index (χ1v) is 21.8. The first-order chi connectivity index (χ1) is 29.2. The molecule has 0 amide bonds. The van der Waals surface area contributed by atoms with Gasteiger partial charge in [0.05, 0.1) is 22.1 Å². The standard InChI is InChI=1S/C54H34IN3S/c55-36-26-30-45-43-16-4-7-21-49(43)58(52(45)32-36)40-15-10-14-39(33-40)56(38-27-24-35(25-28-38)42-19-11-20-47-46-18-6-9-23-53(46)59-54(42)47)41-29-31-51-48(34-41)44-17-5-8-22-50(44)57(51)37-12-2-1-3-13-37/h1-34H. The summed E-state index contributed by atoms with van der Waals surface area (Å²) in [5.41, 5.74) is 12.8. The largest absolute Gasteiger partial charge is 0.310 e. The summed E-state index contributed by atoms with van der Waals surface area (Å²) >= 11 is 4.31. The van der Waals surface area contributed by atoms with E-state index in [0.29, 0.717) is 0 Å². The zero-order valence-electron chi connectivity index (χ0n) is 31.8. The molecule has 12 rings (SSSR count). The van der Waals surface area contributed by atoms with Gasteiger partial charge in [-0.2, -0.15) is 0 Å². The van der Waals surface area contributed by atoms with E-state index in [2.05, 4.69) is 243 Å². The molecule has 0 aliphatic heterocycles. The number of thiophene rings is 1. The van der Waals surface area contributed by atoms with Crippen LogP contribution in [-0.2, 0) is 0 Å². The number of benzene rings is 9. The van der Waals surface area contributed by atoms with Gasteiger partial charge >= 0.3 is 0 Å². The molecule has 0 spiro atoms. The van der Waals surface area contributed by atoms with Crippen LogP contribution < -0.4 is 4.90 Å². The lowest BCUT2D eigenvalue weighted by Gasteiger charge is -2.27. The fourth-order valence-electron chi connectivity index (χ4n) is 9.16. The molecule has 3 aromatic heterocycles. The van der Waals surface area contributed by atoms with Crippen LogP contribution in [0.4, 0.5) is 17.1 Å². The minimum atomic E-state index is 1.09. The molecule has 0 saturated carbocycles. The van der Waals surface area contributed by atoms with E-state index in [1.807, 2.05) is 11.3 Å². The van der Waals surface area contributed by atoms with Crippen LogP contribution in [-0.4, -0.2) is 9.13 Å². The van der Waals surface area contributed by atoms with Gasteiger partial charge in [0.25, 0.3) is 0 Å². The molecule has 0 unspecified atom stereocenters. The van der Waals surface area contributed by atoms with Gasteiger partial charge in [-0.1, -0.05) is 115 Å². The molecular formula is C54H34IN3S. The Labute approximate surface area is 358 Å². The lowest BCUT2D eigenvalue weighted by molar-refractivity contribution is 1.17. The summed E-state index contributed by atoms with van der Waals surface area (Å²) in [6.45, 7) is 0. The number of aromatic nitrogens is 2. The van der Waals surface area contributed by atoms with Crippen LogP contribution in [0.15, 0.2) is 206 Å². The average Bonchev–Trinajstić information content (AvgIpc) is 3.94. The molecule has 0 fully saturated rings. The number of rotatable bonds is 6. The second-order valence-corrected chi connectivity index (χ2v) is 17.4. The lowest BCUT2D eigenvalue weighted by Crippen LogP contribution is -2.10. The van der Waals surface area contributed by atoms with E-state index < -0.39 is 0 Å². The fraction of sp³-hybridized carbons (Fsp3) is 0. The van der Waals surface area contributed by atoms with Crippen LogP contribution in [0, 0.1) is 3.57 Å². The molecule has 0 radical (unpaired) electrons. The fourth-order valence-corrected chi connectivity index (χ4v) is 10.9. The Morgan fingerprint density at radius 2 is 0.966 bits per heavy atom. The van der Waals surface area contributed by atoms with E-state index >= 15 is 0 Å². The zero-order valence-corrected chi connectivity index (χ0v) is 34.7. The van der Waals surface area contributed by atoms with Crippen LogP contribution in [0.1, 0.15) is 0 Å². The third-order valence-electron chi connectivity index (χ3n) is 11.8. The number of fused-ring (bicyclic) bond motifs is 9. The molecule has 5 heteroatoms. The van der Waals surface area contributed by atoms with Crippen molar-refractivity contribution in [2.45, 2.75) is 0 Å². The highest BCUT2D eigenvalue weighted by atomic mass is 127. The van der Waals surface area contributed by atoms with Gasteiger partial charge in [-0.3, -0.25) is 0 Å². The van der Waals surface area contributed by atoms with Crippen molar-refractivity contribution < 1.29 is 0 Å². The van der Waals surface area contributed by atoms with Crippen molar-refractivity contribution in [3.05, 3.63) is 210 Å². The van der Waals surface area contributed by atoms with E-state index in [0.717, 1.165) is 28.4 Å². The highest BCUT2D eigenvalue weighted by molar-refractivity contribution is 14.1. The molecule has 12 aromatic rings. The molecule has 9 aromatic carbocycles. The van der Waals surface area contributed by atoms with Crippen molar-refractivity contribution in [2.75, 3.05) is 4.90 Å². The second-order valence-electron chi connectivity index (χ2n) is 15.1. The van der Waals surface area contributed by atoms with Gasteiger partial charge in [0.2, 0.25) is 0 Å². The summed E-state index contributed by atoms with van der Waals surface area (Å²) in [4.78, 5) is 2.42. The van der Waals surface area contributed by atoms with Crippen LogP contribution in [0.5, 0.6) is 0 Å². The number of hydrogen-bond donors (Lipinski definition) is 0. The first-order valence-electron chi connectivity index (χ1n) is 19.9. The van der Waals surface area contributed by atoms with E-state index in [9.17, 15) is 0 Å². The van der Waals surface area contributed by atoms with Gasteiger partial charge in [0.15, 0.2) is 0 Å². The van der Waals surface area contributed by atoms with Crippen molar-refractivity contribution in [1.82, 2.24) is 9.13 Å². The maximum atomic E-state index is 2.43. The van der Waals surface area contributed by atoms with Crippen LogP contribution in [0.2, 0.25) is 0 Å². The van der Waals surface area contributed by atoms with E-state index in [-0.39, 0.29) is 0 Å². The predicted octanol–water partition coefficient (Wildman–Crippen LogP) is 16.0. The molecule has 0 aliphatic carbocycles. The van der Waals surface area contributed by atoms with Gasteiger partial charge in [-0.15, -0.1) is 11.3 Å². The van der Waals surface area contributed by atoms with Crippen molar-refractivity contribution in [2.24, 2.45) is 0 Å². The van der Waals surface area contributed by atoms with E-state index in [4.69, 9.17) is 0 Å². The normalized spacial score (nSPS) is 11.8. The van der Waals surface area contributed by atoms with Crippen LogP contribution in [0.3, 0.4) is 0 Å². The highest BCUT2D eigenvalue weighted by Crippen LogP contribution is 2.44.